The van der Waals surface area contributed by atoms with Gasteiger partial charge in [-0.05, 0) is 38.1 Å². The third kappa shape index (κ3) is 3.35. The highest BCUT2D eigenvalue weighted by atomic mass is 32.2. The summed E-state index contributed by atoms with van der Waals surface area (Å²) in [6.45, 7) is 4.12. The predicted octanol–water partition coefficient (Wildman–Crippen LogP) is 2.85. The van der Waals surface area contributed by atoms with Crippen LogP contribution in [-0.2, 0) is 5.75 Å². The lowest BCUT2D eigenvalue weighted by Gasteiger charge is -2.09. The lowest BCUT2D eigenvalue weighted by Crippen LogP contribution is -2.07. The van der Waals surface area contributed by atoms with Crippen LogP contribution in [0.3, 0.4) is 0 Å². The number of nitrogens with zero attached hydrogens (tertiary/aromatic N) is 3. The number of aromatic nitrogens is 3. The summed E-state index contributed by atoms with van der Waals surface area (Å²) < 4.78 is 1.89. The molecule has 19 heavy (non-hydrogen) atoms. The van der Waals surface area contributed by atoms with Gasteiger partial charge in [0.25, 0.3) is 0 Å². The molecule has 0 aliphatic carbocycles. The van der Waals surface area contributed by atoms with Crippen molar-refractivity contribution in [2.45, 2.75) is 30.5 Å². The van der Waals surface area contributed by atoms with Crippen LogP contribution in [0, 0.1) is 0 Å². The van der Waals surface area contributed by atoms with E-state index in [9.17, 15) is 4.79 Å². The average molecular weight is 277 g/mol. The zero-order valence-electron chi connectivity index (χ0n) is 10.8. The Balaban J connectivity index is 2.02. The molecule has 0 atom stereocenters. The topological polar surface area (TPSA) is 68.0 Å². The number of aromatic carboxylic acids is 1. The van der Waals surface area contributed by atoms with E-state index in [0.717, 1.165) is 10.7 Å². The van der Waals surface area contributed by atoms with Crippen molar-refractivity contribution in [3.63, 3.8) is 0 Å². The van der Waals surface area contributed by atoms with Crippen LogP contribution in [-0.4, -0.2) is 25.8 Å². The van der Waals surface area contributed by atoms with E-state index in [-0.39, 0.29) is 6.04 Å². The number of rotatable bonds is 5. The van der Waals surface area contributed by atoms with Gasteiger partial charge in [-0.25, -0.2) is 14.5 Å². The SMILES string of the molecule is CC(C)n1ncnc1CSc1ccc(C(=O)O)cc1. The highest BCUT2D eigenvalue weighted by Gasteiger charge is 2.08. The summed E-state index contributed by atoms with van der Waals surface area (Å²) in [6, 6.07) is 7.12. The number of hydrogen-bond donors (Lipinski definition) is 1. The van der Waals surface area contributed by atoms with Crippen molar-refractivity contribution < 1.29 is 9.90 Å². The molecule has 1 aromatic heterocycles. The highest BCUT2D eigenvalue weighted by Crippen LogP contribution is 2.23. The summed E-state index contributed by atoms with van der Waals surface area (Å²) in [7, 11) is 0. The van der Waals surface area contributed by atoms with Gasteiger partial charge in [-0.1, -0.05) is 0 Å². The molecule has 2 rings (SSSR count). The molecule has 0 aliphatic heterocycles. The molecule has 0 bridgehead atoms. The molecule has 1 N–H and O–H groups in total. The Bertz CT molecular complexity index is 564. The van der Waals surface area contributed by atoms with Crippen LogP contribution in [0.1, 0.15) is 36.1 Å². The van der Waals surface area contributed by atoms with Gasteiger partial charge in [0.15, 0.2) is 0 Å². The Morgan fingerprint density at radius 1 is 1.37 bits per heavy atom. The first-order chi connectivity index (χ1) is 9.08. The van der Waals surface area contributed by atoms with Crippen molar-refractivity contribution in [3.8, 4) is 0 Å². The molecule has 1 aromatic carbocycles. The van der Waals surface area contributed by atoms with Crippen molar-refractivity contribution in [1.29, 1.82) is 0 Å². The smallest absolute Gasteiger partial charge is 0.335 e. The maximum atomic E-state index is 10.7. The van der Waals surface area contributed by atoms with E-state index in [1.807, 2.05) is 16.8 Å². The Labute approximate surface area is 115 Å². The molecule has 5 nitrogen and oxygen atoms in total. The quantitative estimate of drug-likeness (QED) is 0.851. The van der Waals surface area contributed by atoms with Crippen molar-refractivity contribution in [1.82, 2.24) is 14.8 Å². The standard InChI is InChI=1S/C13H15N3O2S/c1-9(2)16-12(14-8-15-16)7-19-11-5-3-10(4-6-11)13(17)18/h3-6,8-9H,7H2,1-2H3,(H,17,18). The minimum atomic E-state index is -0.906. The Morgan fingerprint density at radius 2 is 2.05 bits per heavy atom. The van der Waals surface area contributed by atoms with Crippen LogP contribution < -0.4 is 0 Å². The molecule has 100 valence electrons. The second-order valence-electron chi connectivity index (χ2n) is 4.33. The summed E-state index contributed by atoms with van der Waals surface area (Å²) in [5.74, 6) is 0.725. The third-order valence-corrected chi connectivity index (χ3v) is 3.61. The van der Waals surface area contributed by atoms with Crippen molar-refractivity contribution in [3.05, 3.63) is 42.0 Å². The molecule has 2 aromatic rings. The number of benzene rings is 1. The van der Waals surface area contributed by atoms with Crippen LogP contribution in [0.15, 0.2) is 35.5 Å². The Hall–Kier alpha value is -1.82. The van der Waals surface area contributed by atoms with Gasteiger partial charge < -0.3 is 5.11 Å². The molecular formula is C13H15N3O2S. The van der Waals surface area contributed by atoms with Crippen LogP contribution in [0.4, 0.5) is 0 Å². The summed E-state index contributed by atoms with van der Waals surface area (Å²) in [6.07, 6.45) is 1.56. The van der Waals surface area contributed by atoms with E-state index in [4.69, 9.17) is 5.11 Å². The van der Waals surface area contributed by atoms with Gasteiger partial charge in [-0.15, -0.1) is 11.8 Å². The van der Waals surface area contributed by atoms with Gasteiger partial charge in [0.2, 0.25) is 0 Å². The summed E-state index contributed by atoms with van der Waals surface area (Å²) in [5, 5.41) is 13.0. The van der Waals surface area contributed by atoms with Gasteiger partial charge in [-0.3, -0.25) is 0 Å². The van der Waals surface area contributed by atoms with Gasteiger partial charge in [0.1, 0.15) is 12.2 Å². The molecule has 1 heterocycles. The number of thioether (sulfide) groups is 1. The molecule has 0 aliphatic rings. The van der Waals surface area contributed by atoms with E-state index >= 15 is 0 Å². The minimum absolute atomic E-state index is 0.285. The maximum Gasteiger partial charge on any atom is 0.335 e. The fourth-order valence-electron chi connectivity index (χ4n) is 1.65. The number of carboxylic acid groups (broad SMARTS) is 1. The minimum Gasteiger partial charge on any atom is -0.478 e. The van der Waals surface area contributed by atoms with Gasteiger partial charge >= 0.3 is 5.97 Å². The van der Waals surface area contributed by atoms with E-state index < -0.39 is 5.97 Å². The molecule has 0 saturated heterocycles. The molecule has 0 radical (unpaired) electrons. The third-order valence-electron chi connectivity index (χ3n) is 2.61. The van der Waals surface area contributed by atoms with Gasteiger partial charge in [0, 0.05) is 10.9 Å². The Kier molecular flexibility index (Phi) is 4.21. The fourth-order valence-corrected chi connectivity index (χ4v) is 2.48. The lowest BCUT2D eigenvalue weighted by molar-refractivity contribution is 0.0697. The normalized spacial score (nSPS) is 10.9. The second kappa shape index (κ2) is 5.88. The van der Waals surface area contributed by atoms with Gasteiger partial charge in [0.05, 0.1) is 11.3 Å². The number of carbonyl (C=O) groups is 1. The highest BCUT2D eigenvalue weighted by molar-refractivity contribution is 7.98. The fraction of sp³-hybridized carbons (Fsp3) is 0.308. The molecule has 0 amide bonds. The summed E-state index contributed by atoms with van der Waals surface area (Å²) in [4.78, 5) is 16.0. The maximum absolute atomic E-state index is 10.7. The molecule has 0 spiro atoms. The lowest BCUT2D eigenvalue weighted by atomic mass is 10.2. The van der Waals surface area contributed by atoms with Crippen LogP contribution in [0.25, 0.3) is 0 Å². The zero-order valence-corrected chi connectivity index (χ0v) is 11.6. The predicted molar refractivity (Wildman–Crippen MR) is 73.4 cm³/mol. The number of hydrogen-bond acceptors (Lipinski definition) is 4. The molecule has 6 heteroatoms. The molecule has 0 saturated carbocycles. The van der Waals surface area contributed by atoms with Crippen LogP contribution >= 0.6 is 11.8 Å². The average Bonchev–Trinajstić information content (AvgIpc) is 2.85. The van der Waals surface area contributed by atoms with Crippen LogP contribution in [0.2, 0.25) is 0 Å². The first kappa shape index (κ1) is 13.6. The Morgan fingerprint density at radius 3 is 2.63 bits per heavy atom. The zero-order chi connectivity index (χ0) is 13.8. The van der Waals surface area contributed by atoms with E-state index in [1.165, 1.54) is 0 Å². The molecule has 0 unspecified atom stereocenters. The summed E-state index contributed by atoms with van der Waals surface area (Å²) in [5.41, 5.74) is 0.301. The van der Waals surface area contributed by atoms with E-state index in [1.54, 1.807) is 30.2 Å². The molecule has 0 fully saturated rings. The first-order valence-electron chi connectivity index (χ1n) is 5.92. The van der Waals surface area contributed by atoms with E-state index in [0.29, 0.717) is 11.3 Å². The van der Waals surface area contributed by atoms with Gasteiger partial charge in [-0.2, -0.15) is 5.10 Å². The van der Waals surface area contributed by atoms with Crippen molar-refractivity contribution in [2.75, 3.05) is 0 Å². The van der Waals surface area contributed by atoms with Crippen molar-refractivity contribution >= 4 is 17.7 Å². The largest absolute Gasteiger partial charge is 0.478 e. The number of carboxylic acids is 1. The molecular weight excluding hydrogens is 262 g/mol. The van der Waals surface area contributed by atoms with E-state index in [2.05, 4.69) is 23.9 Å². The van der Waals surface area contributed by atoms with Crippen molar-refractivity contribution in [2.24, 2.45) is 0 Å². The first-order valence-corrected chi connectivity index (χ1v) is 6.91. The summed E-state index contributed by atoms with van der Waals surface area (Å²) >= 11 is 1.61. The monoisotopic (exact) mass is 277 g/mol. The van der Waals surface area contributed by atoms with Crippen LogP contribution in [0.5, 0.6) is 0 Å². The second-order valence-corrected chi connectivity index (χ2v) is 5.38.